The fraction of sp³-hybridized carbons (Fsp3) is 0.542. The molecule has 1 aromatic heterocycles. The quantitative estimate of drug-likeness (QED) is 0.244. The maximum atomic E-state index is 10.1. The number of aromatic hydroxyl groups is 1. The van der Waals surface area contributed by atoms with Crippen LogP contribution in [0.1, 0.15) is 42.6 Å². The Kier molecular flexibility index (Phi) is 13.7. The van der Waals surface area contributed by atoms with E-state index < -0.39 is 6.10 Å². The lowest BCUT2D eigenvalue weighted by Crippen LogP contribution is -2.29. The minimum Gasteiger partial charge on any atom is -0.506 e. The minimum absolute atomic E-state index is 0.0358. The monoisotopic (exact) mass is 500 g/mol. The predicted molar refractivity (Wildman–Crippen MR) is 130 cm³/mol. The Balaban J connectivity index is 1.40. The largest absolute Gasteiger partial charge is 0.506 e. The summed E-state index contributed by atoms with van der Waals surface area (Å²) in [7, 11) is 0. The first-order chi connectivity index (χ1) is 16.0. The van der Waals surface area contributed by atoms with Gasteiger partial charge in [-0.1, -0.05) is 42.1 Å². The second-order valence-electron chi connectivity index (χ2n) is 7.77. The third-order valence-electron chi connectivity index (χ3n) is 5.05. The van der Waals surface area contributed by atoms with E-state index in [-0.39, 0.29) is 18.1 Å². The van der Waals surface area contributed by atoms with Gasteiger partial charge in [-0.3, -0.25) is 4.98 Å². The highest BCUT2D eigenvalue weighted by molar-refractivity contribution is 6.35. The molecule has 0 radical (unpaired) electrons. The van der Waals surface area contributed by atoms with Crippen molar-refractivity contribution in [2.24, 2.45) is 0 Å². The highest BCUT2D eigenvalue weighted by atomic mass is 35.5. The molecule has 0 fully saturated rings. The van der Waals surface area contributed by atoms with Crippen LogP contribution in [-0.2, 0) is 29.1 Å². The molecule has 1 atom stereocenters. The molecular weight excluding hydrogens is 467 g/mol. The lowest BCUT2D eigenvalue weighted by atomic mass is 10.1. The van der Waals surface area contributed by atoms with Gasteiger partial charge < -0.3 is 30.1 Å². The van der Waals surface area contributed by atoms with Crippen LogP contribution in [-0.4, -0.2) is 59.3 Å². The van der Waals surface area contributed by atoms with Crippen molar-refractivity contribution in [2.75, 3.05) is 32.9 Å². The fourth-order valence-electron chi connectivity index (χ4n) is 3.22. The average Bonchev–Trinajstić information content (AvgIpc) is 2.79. The minimum atomic E-state index is -0.571. The van der Waals surface area contributed by atoms with Gasteiger partial charge in [-0.2, -0.15) is 0 Å². The molecular formula is C24H34Cl2N2O5. The van der Waals surface area contributed by atoms with Gasteiger partial charge in [0.2, 0.25) is 0 Å². The van der Waals surface area contributed by atoms with Crippen molar-refractivity contribution in [3.63, 3.8) is 0 Å². The predicted octanol–water partition coefficient (Wildman–Crippen LogP) is 3.87. The lowest BCUT2D eigenvalue weighted by molar-refractivity contribution is 0.0393. The van der Waals surface area contributed by atoms with E-state index in [0.29, 0.717) is 55.1 Å². The summed E-state index contributed by atoms with van der Waals surface area (Å²) < 4.78 is 11.2. The number of rotatable bonds is 17. The molecule has 0 aliphatic heterocycles. The van der Waals surface area contributed by atoms with E-state index in [0.717, 1.165) is 37.8 Å². The van der Waals surface area contributed by atoms with Crippen molar-refractivity contribution in [1.82, 2.24) is 10.3 Å². The molecule has 4 N–H and O–H groups in total. The summed E-state index contributed by atoms with van der Waals surface area (Å²) in [5.74, 6) is -0.0358. The summed E-state index contributed by atoms with van der Waals surface area (Å²) in [4.78, 5) is 4.14. The van der Waals surface area contributed by atoms with Gasteiger partial charge in [0.1, 0.15) is 11.4 Å². The molecule has 7 nitrogen and oxygen atoms in total. The Bertz CT molecular complexity index is 805. The normalized spacial score (nSPS) is 12.2. The van der Waals surface area contributed by atoms with Crippen molar-refractivity contribution in [2.45, 2.75) is 51.4 Å². The summed E-state index contributed by atoms with van der Waals surface area (Å²) in [6, 6.07) is 8.54. The Morgan fingerprint density at radius 2 is 1.67 bits per heavy atom. The second-order valence-corrected chi connectivity index (χ2v) is 8.58. The average molecular weight is 501 g/mol. The highest BCUT2D eigenvalue weighted by Gasteiger charge is 2.09. The van der Waals surface area contributed by atoms with Crippen LogP contribution in [0.2, 0.25) is 10.0 Å². The van der Waals surface area contributed by atoms with E-state index in [2.05, 4.69) is 10.3 Å². The summed E-state index contributed by atoms with van der Waals surface area (Å²) in [5, 5.41) is 33.3. The van der Waals surface area contributed by atoms with Crippen LogP contribution in [0.4, 0.5) is 0 Å². The number of nitrogens with zero attached hydrogens (tertiary/aromatic N) is 1. The van der Waals surface area contributed by atoms with Crippen molar-refractivity contribution < 1.29 is 24.8 Å². The number of halogens is 2. The molecule has 1 heterocycles. The maximum absolute atomic E-state index is 10.1. The first-order valence-corrected chi connectivity index (χ1v) is 12.0. The van der Waals surface area contributed by atoms with Gasteiger partial charge in [-0.25, -0.2) is 0 Å². The van der Waals surface area contributed by atoms with Gasteiger partial charge in [0, 0.05) is 40.9 Å². The molecule has 2 aromatic rings. The number of unbranched alkanes of at least 4 members (excludes halogenated alkanes) is 3. The zero-order valence-corrected chi connectivity index (χ0v) is 20.3. The van der Waals surface area contributed by atoms with Crippen molar-refractivity contribution in [3.05, 3.63) is 57.3 Å². The number of benzene rings is 1. The Hall–Kier alpha value is -1.45. The van der Waals surface area contributed by atoms with Crippen LogP contribution in [0.25, 0.3) is 0 Å². The van der Waals surface area contributed by atoms with E-state index >= 15 is 0 Å². The van der Waals surface area contributed by atoms with E-state index in [1.165, 1.54) is 6.07 Å². The molecule has 0 amide bonds. The molecule has 0 aliphatic carbocycles. The maximum Gasteiger partial charge on any atom is 0.139 e. The zero-order chi connectivity index (χ0) is 23.9. The molecule has 184 valence electrons. The number of aromatic nitrogens is 1. The van der Waals surface area contributed by atoms with Crippen molar-refractivity contribution in [3.8, 4) is 5.75 Å². The molecule has 0 saturated carbocycles. The van der Waals surface area contributed by atoms with Gasteiger partial charge >= 0.3 is 0 Å². The van der Waals surface area contributed by atoms with E-state index in [1.54, 1.807) is 18.2 Å². The van der Waals surface area contributed by atoms with Crippen LogP contribution in [0, 0.1) is 0 Å². The molecule has 0 spiro atoms. The molecule has 33 heavy (non-hydrogen) atoms. The topological polar surface area (TPSA) is 104 Å². The summed E-state index contributed by atoms with van der Waals surface area (Å²) in [5.41, 5.74) is 1.67. The van der Waals surface area contributed by atoms with Gasteiger partial charge in [-0.05, 0) is 43.7 Å². The molecule has 1 unspecified atom stereocenters. The van der Waals surface area contributed by atoms with Gasteiger partial charge in [-0.15, -0.1) is 0 Å². The molecule has 9 heteroatoms. The lowest BCUT2D eigenvalue weighted by Gasteiger charge is -2.12. The number of pyridine rings is 1. The zero-order valence-electron chi connectivity index (χ0n) is 18.8. The Morgan fingerprint density at radius 1 is 0.939 bits per heavy atom. The van der Waals surface area contributed by atoms with E-state index in [1.807, 2.05) is 6.07 Å². The number of hydrogen-bond acceptors (Lipinski definition) is 7. The molecule has 0 saturated heterocycles. The molecule has 1 aromatic carbocycles. The number of ether oxygens (including phenoxy) is 2. The van der Waals surface area contributed by atoms with Crippen LogP contribution in [0.15, 0.2) is 30.3 Å². The first kappa shape index (κ1) is 27.8. The van der Waals surface area contributed by atoms with Crippen LogP contribution < -0.4 is 5.32 Å². The molecule has 0 bridgehead atoms. The van der Waals surface area contributed by atoms with Crippen LogP contribution >= 0.6 is 23.2 Å². The molecule has 2 rings (SSSR count). The number of aliphatic hydroxyl groups excluding tert-OH is 2. The van der Waals surface area contributed by atoms with Gasteiger partial charge in [0.15, 0.2) is 0 Å². The number of aliphatic hydroxyl groups is 2. The highest BCUT2D eigenvalue weighted by Crippen LogP contribution is 2.24. The fourth-order valence-corrected chi connectivity index (χ4v) is 3.73. The third kappa shape index (κ3) is 11.0. The number of hydrogen-bond donors (Lipinski definition) is 4. The Labute approximate surface area is 205 Å². The van der Waals surface area contributed by atoms with Crippen molar-refractivity contribution in [1.29, 1.82) is 0 Å². The summed E-state index contributed by atoms with van der Waals surface area (Å²) >= 11 is 12.2. The van der Waals surface area contributed by atoms with Gasteiger partial charge in [0.05, 0.1) is 32.5 Å². The summed E-state index contributed by atoms with van der Waals surface area (Å²) in [6.45, 7) is 3.09. The van der Waals surface area contributed by atoms with Crippen molar-refractivity contribution >= 4 is 23.2 Å². The smallest absolute Gasteiger partial charge is 0.139 e. The van der Waals surface area contributed by atoms with E-state index in [9.17, 15) is 10.2 Å². The van der Waals surface area contributed by atoms with E-state index in [4.69, 9.17) is 37.8 Å². The number of nitrogens with one attached hydrogen (secondary N) is 1. The second kappa shape index (κ2) is 16.2. The SMILES string of the molecule is OCc1nc(CC(O)CNCCCCCCOCCOCc2c(Cl)cccc2Cl)ccc1O. The summed E-state index contributed by atoms with van der Waals surface area (Å²) in [6.07, 6.45) is 4.00. The van der Waals surface area contributed by atoms with Gasteiger partial charge in [0.25, 0.3) is 0 Å². The van der Waals surface area contributed by atoms with Crippen LogP contribution in [0.5, 0.6) is 5.75 Å². The Morgan fingerprint density at radius 3 is 2.42 bits per heavy atom. The molecule has 0 aliphatic rings. The standard InChI is InChI=1S/C24H34Cl2N2O5/c25-21-6-5-7-22(26)20(21)17-33-13-12-32-11-4-2-1-3-10-27-15-19(30)14-18-8-9-24(31)23(16-29)28-18/h5-9,19,27,29-31H,1-4,10-17H2. The third-order valence-corrected chi connectivity index (χ3v) is 5.76. The van der Waals surface area contributed by atoms with Crippen LogP contribution in [0.3, 0.4) is 0 Å². The first-order valence-electron chi connectivity index (χ1n) is 11.3.